The SMILES string of the molecule is CCCc1ccc(O)c2c1C[C@@H](N(CCC)CCc1cccnc1)CC2. The minimum atomic E-state index is 0.496. The van der Waals surface area contributed by atoms with Crippen LogP contribution in [0.5, 0.6) is 5.75 Å². The van der Waals surface area contributed by atoms with Crippen LogP contribution in [-0.2, 0) is 25.7 Å². The van der Waals surface area contributed by atoms with Crippen molar-refractivity contribution in [3.05, 3.63) is 58.9 Å². The molecule has 140 valence electrons. The minimum absolute atomic E-state index is 0.496. The Hall–Kier alpha value is -1.87. The Labute approximate surface area is 158 Å². The predicted octanol–water partition coefficient (Wildman–Crippen LogP) is 4.55. The second-order valence-corrected chi connectivity index (χ2v) is 7.49. The van der Waals surface area contributed by atoms with Gasteiger partial charge >= 0.3 is 0 Å². The van der Waals surface area contributed by atoms with E-state index in [0.717, 1.165) is 51.6 Å². The molecule has 1 aliphatic carbocycles. The number of hydrogen-bond donors (Lipinski definition) is 1. The number of fused-ring (bicyclic) bond motifs is 1. The predicted molar refractivity (Wildman–Crippen MR) is 108 cm³/mol. The zero-order chi connectivity index (χ0) is 18.4. The molecule has 0 radical (unpaired) electrons. The fraction of sp³-hybridized carbons (Fsp3) is 0.522. The van der Waals surface area contributed by atoms with Gasteiger partial charge in [-0.2, -0.15) is 0 Å². The van der Waals surface area contributed by atoms with Gasteiger partial charge in [-0.1, -0.05) is 32.4 Å². The summed E-state index contributed by atoms with van der Waals surface area (Å²) in [5, 5.41) is 10.3. The van der Waals surface area contributed by atoms with Crippen LogP contribution in [0, 0.1) is 0 Å². The van der Waals surface area contributed by atoms with Crippen molar-refractivity contribution < 1.29 is 5.11 Å². The Kier molecular flexibility index (Phi) is 6.67. The highest BCUT2D eigenvalue weighted by Gasteiger charge is 2.27. The van der Waals surface area contributed by atoms with Gasteiger partial charge in [-0.05, 0) is 79.5 Å². The molecule has 0 amide bonds. The fourth-order valence-corrected chi connectivity index (χ4v) is 4.31. The van der Waals surface area contributed by atoms with Crippen LogP contribution < -0.4 is 0 Å². The molecule has 2 aromatic rings. The lowest BCUT2D eigenvalue weighted by molar-refractivity contribution is 0.181. The van der Waals surface area contributed by atoms with Gasteiger partial charge in [0, 0.05) is 25.0 Å². The van der Waals surface area contributed by atoms with E-state index in [0.29, 0.717) is 11.8 Å². The van der Waals surface area contributed by atoms with E-state index in [2.05, 4.69) is 35.9 Å². The summed E-state index contributed by atoms with van der Waals surface area (Å²) in [5.41, 5.74) is 5.38. The van der Waals surface area contributed by atoms with Crippen molar-refractivity contribution >= 4 is 0 Å². The molecule has 1 aromatic heterocycles. The Bertz CT molecular complexity index is 699. The molecule has 1 aromatic carbocycles. The summed E-state index contributed by atoms with van der Waals surface area (Å²) in [4.78, 5) is 6.91. The van der Waals surface area contributed by atoms with E-state index in [4.69, 9.17) is 0 Å². The van der Waals surface area contributed by atoms with Gasteiger partial charge in [0.2, 0.25) is 0 Å². The summed E-state index contributed by atoms with van der Waals surface area (Å²) in [5.74, 6) is 0.496. The van der Waals surface area contributed by atoms with Gasteiger partial charge in [0.1, 0.15) is 5.75 Å². The fourth-order valence-electron chi connectivity index (χ4n) is 4.31. The maximum atomic E-state index is 10.3. The van der Waals surface area contributed by atoms with Crippen molar-refractivity contribution in [1.29, 1.82) is 0 Å². The summed E-state index contributed by atoms with van der Waals surface area (Å²) in [6, 6.07) is 8.81. The van der Waals surface area contributed by atoms with E-state index in [1.165, 1.54) is 28.7 Å². The molecule has 26 heavy (non-hydrogen) atoms. The van der Waals surface area contributed by atoms with Gasteiger partial charge in [0.25, 0.3) is 0 Å². The molecule has 1 heterocycles. The summed E-state index contributed by atoms with van der Waals surface area (Å²) in [7, 11) is 0. The van der Waals surface area contributed by atoms with Gasteiger partial charge in [0.05, 0.1) is 0 Å². The maximum Gasteiger partial charge on any atom is 0.119 e. The molecular formula is C23H32N2O. The minimum Gasteiger partial charge on any atom is -0.508 e. The van der Waals surface area contributed by atoms with E-state index >= 15 is 0 Å². The molecule has 1 atom stereocenters. The van der Waals surface area contributed by atoms with Crippen LogP contribution >= 0.6 is 0 Å². The first kappa shape index (κ1) is 18.9. The van der Waals surface area contributed by atoms with E-state index in [1.54, 1.807) is 0 Å². The first-order chi connectivity index (χ1) is 12.7. The molecule has 3 heteroatoms. The van der Waals surface area contributed by atoms with Crippen LogP contribution in [-0.4, -0.2) is 34.1 Å². The first-order valence-corrected chi connectivity index (χ1v) is 10.2. The van der Waals surface area contributed by atoms with Gasteiger partial charge in [-0.25, -0.2) is 0 Å². The lowest BCUT2D eigenvalue weighted by atomic mass is 9.83. The highest BCUT2D eigenvalue weighted by atomic mass is 16.3. The molecule has 0 fully saturated rings. The van der Waals surface area contributed by atoms with Crippen LogP contribution in [0.1, 0.15) is 55.4 Å². The third kappa shape index (κ3) is 4.45. The highest BCUT2D eigenvalue weighted by Crippen LogP contribution is 2.34. The molecule has 0 unspecified atom stereocenters. The van der Waals surface area contributed by atoms with Crippen LogP contribution in [0.2, 0.25) is 0 Å². The number of rotatable bonds is 8. The summed E-state index contributed by atoms with van der Waals surface area (Å²) in [6.45, 7) is 6.72. The number of aromatic hydroxyl groups is 1. The van der Waals surface area contributed by atoms with E-state index < -0.39 is 0 Å². The van der Waals surface area contributed by atoms with Crippen LogP contribution in [0.3, 0.4) is 0 Å². The average Bonchev–Trinajstić information content (AvgIpc) is 2.68. The number of pyridine rings is 1. The number of nitrogens with zero attached hydrogens (tertiary/aromatic N) is 2. The van der Waals surface area contributed by atoms with E-state index in [-0.39, 0.29) is 0 Å². The zero-order valence-electron chi connectivity index (χ0n) is 16.2. The van der Waals surface area contributed by atoms with Gasteiger partial charge in [0.15, 0.2) is 0 Å². The third-order valence-corrected chi connectivity index (χ3v) is 5.63. The smallest absolute Gasteiger partial charge is 0.119 e. The molecule has 0 spiro atoms. The van der Waals surface area contributed by atoms with Crippen molar-refractivity contribution in [1.82, 2.24) is 9.88 Å². The molecule has 0 saturated carbocycles. The summed E-state index contributed by atoms with van der Waals surface area (Å²) in [6.07, 6.45) is 11.5. The number of hydrogen-bond acceptors (Lipinski definition) is 3. The van der Waals surface area contributed by atoms with Gasteiger partial charge in [-0.15, -0.1) is 0 Å². The molecule has 0 bridgehead atoms. The van der Waals surface area contributed by atoms with Gasteiger partial charge in [-0.3, -0.25) is 9.88 Å². The largest absolute Gasteiger partial charge is 0.508 e. The number of benzene rings is 1. The van der Waals surface area contributed by atoms with Gasteiger partial charge < -0.3 is 5.11 Å². The van der Waals surface area contributed by atoms with E-state index in [9.17, 15) is 5.11 Å². The summed E-state index contributed by atoms with van der Waals surface area (Å²) >= 11 is 0. The molecule has 0 saturated heterocycles. The van der Waals surface area contributed by atoms with Crippen LogP contribution in [0.15, 0.2) is 36.7 Å². The third-order valence-electron chi connectivity index (χ3n) is 5.63. The van der Waals surface area contributed by atoms with Crippen molar-refractivity contribution in [2.24, 2.45) is 0 Å². The lowest BCUT2D eigenvalue weighted by Gasteiger charge is -2.36. The molecule has 3 rings (SSSR count). The molecule has 3 nitrogen and oxygen atoms in total. The number of aryl methyl sites for hydroxylation is 1. The first-order valence-electron chi connectivity index (χ1n) is 10.2. The Morgan fingerprint density at radius 1 is 1.08 bits per heavy atom. The molecule has 0 aliphatic heterocycles. The Morgan fingerprint density at radius 3 is 2.69 bits per heavy atom. The maximum absolute atomic E-state index is 10.3. The van der Waals surface area contributed by atoms with Crippen molar-refractivity contribution in [3.63, 3.8) is 0 Å². The second-order valence-electron chi connectivity index (χ2n) is 7.49. The normalized spacial score (nSPS) is 16.7. The number of phenols is 1. The Balaban J connectivity index is 1.74. The number of phenolic OH excluding ortho intramolecular Hbond substituents is 1. The molecule has 1 N–H and O–H groups in total. The molecule has 1 aliphatic rings. The van der Waals surface area contributed by atoms with Crippen molar-refractivity contribution in [3.8, 4) is 5.75 Å². The Morgan fingerprint density at radius 2 is 1.96 bits per heavy atom. The topological polar surface area (TPSA) is 36.4 Å². The van der Waals surface area contributed by atoms with Crippen LogP contribution in [0.4, 0.5) is 0 Å². The quantitative estimate of drug-likeness (QED) is 0.757. The van der Waals surface area contributed by atoms with Crippen molar-refractivity contribution in [2.45, 2.75) is 64.8 Å². The summed E-state index contributed by atoms with van der Waals surface area (Å²) < 4.78 is 0. The van der Waals surface area contributed by atoms with Crippen molar-refractivity contribution in [2.75, 3.05) is 13.1 Å². The average molecular weight is 353 g/mol. The van der Waals surface area contributed by atoms with Crippen LogP contribution in [0.25, 0.3) is 0 Å². The van der Waals surface area contributed by atoms with E-state index in [1.807, 2.05) is 24.5 Å². The highest BCUT2D eigenvalue weighted by molar-refractivity contribution is 5.46. The standard InChI is InChI=1S/C23H32N2O/c1-3-6-19-8-11-23(26)21-10-9-20(16-22(19)21)25(14-4-2)15-12-18-7-5-13-24-17-18/h5,7-8,11,13,17,20,26H,3-4,6,9-10,12,14-16H2,1-2H3/t20-/m0/s1. The molecular weight excluding hydrogens is 320 g/mol. The monoisotopic (exact) mass is 352 g/mol. The second kappa shape index (κ2) is 9.18. The number of aromatic nitrogens is 1. The zero-order valence-corrected chi connectivity index (χ0v) is 16.2. The lowest BCUT2D eigenvalue weighted by Crippen LogP contribution is -2.41.